The number of carbonyl (C=O) groups is 1. The number of imidazole rings is 1. The van der Waals surface area contributed by atoms with Crippen LogP contribution < -0.4 is 5.32 Å². The van der Waals surface area contributed by atoms with Crippen LogP contribution in [0.15, 0.2) is 30.5 Å². The van der Waals surface area contributed by atoms with Gasteiger partial charge in [-0.05, 0) is 25.0 Å². The van der Waals surface area contributed by atoms with Crippen LogP contribution in [0.2, 0.25) is 0 Å². The second kappa shape index (κ2) is 4.88. The van der Waals surface area contributed by atoms with Crippen LogP contribution in [-0.2, 0) is 17.8 Å². The number of rotatable bonds is 2. The third-order valence-electron chi connectivity index (χ3n) is 3.41. The predicted molar refractivity (Wildman–Crippen MR) is 74.9 cm³/mol. The maximum absolute atomic E-state index is 11.0. The summed E-state index contributed by atoms with van der Waals surface area (Å²) in [6.45, 7) is 2.59. The molecule has 1 aliphatic rings. The van der Waals surface area contributed by atoms with Gasteiger partial charge >= 0.3 is 0 Å². The van der Waals surface area contributed by atoms with Gasteiger partial charge in [-0.1, -0.05) is 12.1 Å². The number of fused-ring (bicyclic) bond motifs is 1. The van der Waals surface area contributed by atoms with Crippen molar-refractivity contribution >= 4 is 11.6 Å². The number of nitrogens with one attached hydrogen (secondary N) is 1. The Morgan fingerprint density at radius 3 is 2.74 bits per heavy atom. The minimum atomic E-state index is -0.0507. The largest absolute Gasteiger partial charge is 0.334 e. The molecule has 98 valence electrons. The molecule has 0 spiro atoms. The lowest BCUT2D eigenvalue weighted by atomic mass is 10.1. The van der Waals surface area contributed by atoms with Gasteiger partial charge in [-0.25, -0.2) is 4.98 Å². The lowest BCUT2D eigenvalue weighted by molar-refractivity contribution is -0.114. The molecule has 0 fully saturated rings. The number of hydrogen-bond acceptors (Lipinski definition) is 2. The van der Waals surface area contributed by atoms with Crippen molar-refractivity contribution in [3.8, 4) is 11.3 Å². The van der Waals surface area contributed by atoms with Gasteiger partial charge in [0.15, 0.2) is 0 Å². The molecule has 4 heteroatoms. The number of anilines is 1. The van der Waals surface area contributed by atoms with E-state index in [0.717, 1.165) is 29.9 Å². The molecule has 0 unspecified atom stereocenters. The molecule has 1 aliphatic heterocycles. The van der Waals surface area contributed by atoms with E-state index in [1.165, 1.54) is 25.6 Å². The van der Waals surface area contributed by atoms with Crippen molar-refractivity contribution in [2.75, 3.05) is 5.32 Å². The normalized spacial score (nSPS) is 13.9. The van der Waals surface area contributed by atoms with E-state index in [4.69, 9.17) is 0 Å². The topological polar surface area (TPSA) is 46.9 Å². The summed E-state index contributed by atoms with van der Waals surface area (Å²) in [5.74, 6) is 1.14. The minimum Gasteiger partial charge on any atom is -0.334 e. The van der Waals surface area contributed by atoms with Crippen LogP contribution in [0.4, 0.5) is 5.69 Å². The fourth-order valence-corrected chi connectivity index (χ4v) is 2.48. The van der Waals surface area contributed by atoms with Crippen molar-refractivity contribution in [3.05, 3.63) is 36.3 Å². The maximum Gasteiger partial charge on any atom is 0.221 e. The standard InChI is InChI=1S/C15H17N3O/c1-11(19)16-13-7-5-12(6-8-13)14-10-18-9-3-2-4-15(18)17-14/h5-8,10H,2-4,9H2,1H3,(H,16,19). The zero-order valence-electron chi connectivity index (χ0n) is 11.0. The zero-order valence-corrected chi connectivity index (χ0v) is 11.0. The lowest BCUT2D eigenvalue weighted by Crippen LogP contribution is -2.08. The molecular formula is C15H17N3O. The van der Waals surface area contributed by atoms with Crippen LogP contribution in [0.5, 0.6) is 0 Å². The first kappa shape index (κ1) is 12.0. The molecule has 0 saturated carbocycles. The van der Waals surface area contributed by atoms with Gasteiger partial charge in [0.25, 0.3) is 0 Å². The minimum absolute atomic E-state index is 0.0507. The monoisotopic (exact) mass is 255 g/mol. The number of amides is 1. The molecule has 1 aromatic carbocycles. The van der Waals surface area contributed by atoms with Gasteiger partial charge in [-0.15, -0.1) is 0 Å². The van der Waals surface area contributed by atoms with Crippen LogP contribution >= 0.6 is 0 Å². The number of aryl methyl sites for hydroxylation is 2. The highest BCUT2D eigenvalue weighted by atomic mass is 16.1. The second-order valence-corrected chi connectivity index (χ2v) is 4.95. The van der Waals surface area contributed by atoms with Crippen molar-refractivity contribution in [1.29, 1.82) is 0 Å². The summed E-state index contributed by atoms with van der Waals surface area (Å²) in [6.07, 6.45) is 5.67. The highest BCUT2D eigenvalue weighted by Gasteiger charge is 2.12. The molecule has 3 rings (SSSR count). The molecule has 4 nitrogen and oxygen atoms in total. The van der Waals surface area contributed by atoms with Gasteiger partial charge in [0.2, 0.25) is 5.91 Å². The Kier molecular flexibility index (Phi) is 3.07. The van der Waals surface area contributed by atoms with Crippen LogP contribution in [-0.4, -0.2) is 15.5 Å². The van der Waals surface area contributed by atoms with Crippen LogP contribution in [0.25, 0.3) is 11.3 Å². The van der Waals surface area contributed by atoms with E-state index in [1.807, 2.05) is 24.3 Å². The highest BCUT2D eigenvalue weighted by molar-refractivity contribution is 5.88. The summed E-state index contributed by atoms with van der Waals surface area (Å²) in [6, 6.07) is 7.82. The first-order valence-corrected chi connectivity index (χ1v) is 6.66. The quantitative estimate of drug-likeness (QED) is 0.897. The molecule has 0 radical (unpaired) electrons. The first-order valence-electron chi connectivity index (χ1n) is 6.66. The van der Waals surface area contributed by atoms with Crippen molar-refractivity contribution < 1.29 is 4.79 Å². The lowest BCUT2D eigenvalue weighted by Gasteiger charge is -2.11. The Bertz CT molecular complexity index is 575. The van der Waals surface area contributed by atoms with E-state index >= 15 is 0 Å². The van der Waals surface area contributed by atoms with Crippen molar-refractivity contribution in [3.63, 3.8) is 0 Å². The summed E-state index contributed by atoms with van der Waals surface area (Å²) >= 11 is 0. The van der Waals surface area contributed by atoms with Crippen LogP contribution in [0, 0.1) is 0 Å². The van der Waals surface area contributed by atoms with E-state index in [1.54, 1.807) is 0 Å². The Morgan fingerprint density at radius 1 is 1.26 bits per heavy atom. The maximum atomic E-state index is 11.0. The fourth-order valence-electron chi connectivity index (χ4n) is 2.48. The van der Waals surface area contributed by atoms with E-state index < -0.39 is 0 Å². The summed E-state index contributed by atoms with van der Waals surface area (Å²) in [7, 11) is 0. The molecule has 0 saturated heterocycles. The number of nitrogens with zero attached hydrogens (tertiary/aromatic N) is 2. The van der Waals surface area contributed by atoms with Gasteiger partial charge in [0.05, 0.1) is 5.69 Å². The second-order valence-electron chi connectivity index (χ2n) is 4.95. The van der Waals surface area contributed by atoms with E-state index in [0.29, 0.717) is 0 Å². The van der Waals surface area contributed by atoms with E-state index in [-0.39, 0.29) is 5.91 Å². The van der Waals surface area contributed by atoms with Crippen molar-refractivity contribution in [2.45, 2.75) is 32.7 Å². The third kappa shape index (κ3) is 2.52. The zero-order chi connectivity index (χ0) is 13.2. The molecule has 0 bridgehead atoms. The average Bonchev–Trinajstić information content (AvgIpc) is 2.82. The Morgan fingerprint density at radius 2 is 2.05 bits per heavy atom. The molecule has 0 atom stereocenters. The number of aromatic nitrogens is 2. The van der Waals surface area contributed by atoms with E-state index in [9.17, 15) is 4.79 Å². The van der Waals surface area contributed by atoms with Crippen molar-refractivity contribution in [2.24, 2.45) is 0 Å². The highest BCUT2D eigenvalue weighted by Crippen LogP contribution is 2.23. The number of carbonyl (C=O) groups excluding carboxylic acids is 1. The van der Waals surface area contributed by atoms with Gasteiger partial charge < -0.3 is 9.88 Å². The molecule has 19 heavy (non-hydrogen) atoms. The Labute approximate surface area is 112 Å². The van der Waals surface area contributed by atoms with E-state index in [2.05, 4.69) is 21.1 Å². The molecule has 2 heterocycles. The Balaban J connectivity index is 1.85. The molecule has 2 aromatic rings. The van der Waals surface area contributed by atoms with Gasteiger partial charge in [0, 0.05) is 37.3 Å². The SMILES string of the molecule is CC(=O)Nc1ccc(-c2cn3c(n2)CCCC3)cc1. The summed E-state index contributed by atoms with van der Waals surface area (Å²) in [5, 5.41) is 2.77. The Hall–Kier alpha value is -2.10. The average molecular weight is 255 g/mol. The molecular weight excluding hydrogens is 238 g/mol. The number of hydrogen-bond donors (Lipinski definition) is 1. The van der Waals surface area contributed by atoms with Crippen LogP contribution in [0.1, 0.15) is 25.6 Å². The third-order valence-corrected chi connectivity index (χ3v) is 3.41. The van der Waals surface area contributed by atoms with Gasteiger partial charge in [0.1, 0.15) is 5.82 Å². The molecule has 1 amide bonds. The van der Waals surface area contributed by atoms with Gasteiger partial charge in [-0.2, -0.15) is 0 Å². The fraction of sp³-hybridized carbons (Fsp3) is 0.333. The first-order chi connectivity index (χ1) is 9.22. The molecule has 1 aromatic heterocycles. The summed E-state index contributed by atoms with van der Waals surface area (Å²) < 4.78 is 2.25. The van der Waals surface area contributed by atoms with Gasteiger partial charge in [-0.3, -0.25) is 4.79 Å². The summed E-state index contributed by atoms with van der Waals surface area (Å²) in [4.78, 5) is 15.7. The van der Waals surface area contributed by atoms with Crippen molar-refractivity contribution in [1.82, 2.24) is 9.55 Å². The predicted octanol–water partition coefficient (Wildman–Crippen LogP) is 2.84. The smallest absolute Gasteiger partial charge is 0.221 e. The molecule has 1 N–H and O–H groups in total. The number of benzene rings is 1. The van der Waals surface area contributed by atoms with Crippen LogP contribution in [0.3, 0.4) is 0 Å². The summed E-state index contributed by atoms with van der Waals surface area (Å²) in [5.41, 5.74) is 2.93. The molecule has 0 aliphatic carbocycles.